The largest absolute Gasteiger partial charge is 0.481 e. The summed E-state index contributed by atoms with van der Waals surface area (Å²) in [7, 11) is 1.68. The number of aromatic nitrogens is 1. The van der Waals surface area contributed by atoms with Crippen molar-refractivity contribution in [1.29, 1.82) is 0 Å². The third-order valence-electron chi connectivity index (χ3n) is 3.85. The summed E-state index contributed by atoms with van der Waals surface area (Å²) in [5.74, 6) is -1.22. The fourth-order valence-electron chi connectivity index (χ4n) is 1.83. The summed E-state index contributed by atoms with van der Waals surface area (Å²) in [4.78, 5) is 29.2. The molecule has 1 amide bonds. The average Bonchev–Trinajstić information content (AvgIpc) is 2.39. The quantitative estimate of drug-likeness (QED) is 0.865. The molecule has 0 bridgehead atoms. The van der Waals surface area contributed by atoms with Gasteiger partial charge in [-0.15, -0.1) is 0 Å². The number of hydrogen-bond acceptors (Lipinski definition) is 3. The Bertz CT molecular complexity index is 473. The van der Waals surface area contributed by atoms with Gasteiger partial charge in [0.15, 0.2) is 0 Å². The standard InChI is InChI=1S/C15H22N2O3/c1-11(2)15(3,14(19)20)8-13(18)17(4)10-12-6-5-7-16-9-12/h5-7,9,11H,8,10H2,1-4H3,(H,19,20). The lowest BCUT2D eigenvalue weighted by atomic mass is 9.76. The lowest BCUT2D eigenvalue weighted by Crippen LogP contribution is -2.39. The van der Waals surface area contributed by atoms with E-state index in [1.54, 1.807) is 31.3 Å². The van der Waals surface area contributed by atoms with E-state index in [-0.39, 0.29) is 18.2 Å². The number of nitrogens with zero attached hydrogens (tertiary/aromatic N) is 2. The van der Waals surface area contributed by atoms with E-state index >= 15 is 0 Å². The number of carbonyl (C=O) groups excluding carboxylic acids is 1. The van der Waals surface area contributed by atoms with Crippen molar-refractivity contribution < 1.29 is 14.7 Å². The molecular formula is C15H22N2O3. The maximum atomic E-state index is 12.2. The Morgan fingerprint density at radius 3 is 2.55 bits per heavy atom. The van der Waals surface area contributed by atoms with Gasteiger partial charge >= 0.3 is 5.97 Å². The minimum atomic E-state index is -1.04. The van der Waals surface area contributed by atoms with Crippen molar-refractivity contribution in [2.24, 2.45) is 11.3 Å². The van der Waals surface area contributed by atoms with Crippen molar-refractivity contribution in [3.63, 3.8) is 0 Å². The number of hydrogen-bond donors (Lipinski definition) is 1. The highest BCUT2D eigenvalue weighted by molar-refractivity contribution is 5.84. The first-order chi connectivity index (χ1) is 9.27. The fourth-order valence-corrected chi connectivity index (χ4v) is 1.83. The van der Waals surface area contributed by atoms with Crippen LogP contribution in [0, 0.1) is 11.3 Å². The predicted molar refractivity (Wildman–Crippen MR) is 75.9 cm³/mol. The Kier molecular flexibility index (Phi) is 5.25. The summed E-state index contributed by atoms with van der Waals surface area (Å²) in [6.07, 6.45) is 3.37. The molecule has 5 heteroatoms. The van der Waals surface area contributed by atoms with Gasteiger partial charge in [0.2, 0.25) is 5.91 Å². The van der Waals surface area contributed by atoms with Crippen LogP contribution >= 0.6 is 0 Å². The number of carboxylic acid groups (broad SMARTS) is 1. The highest BCUT2D eigenvalue weighted by atomic mass is 16.4. The highest BCUT2D eigenvalue weighted by Gasteiger charge is 2.39. The molecular weight excluding hydrogens is 256 g/mol. The van der Waals surface area contributed by atoms with Crippen molar-refractivity contribution in [2.75, 3.05) is 7.05 Å². The minimum Gasteiger partial charge on any atom is -0.481 e. The SMILES string of the molecule is CC(C)C(C)(CC(=O)N(C)Cc1cccnc1)C(=O)O. The molecule has 1 N–H and O–H groups in total. The normalized spacial score (nSPS) is 13.8. The van der Waals surface area contributed by atoms with E-state index in [0.29, 0.717) is 6.54 Å². The highest BCUT2D eigenvalue weighted by Crippen LogP contribution is 2.32. The third-order valence-corrected chi connectivity index (χ3v) is 3.85. The lowest BCUT2D eigenvalue weighted by Gasteiger charge is -2.30. The lowest BCUT2D eigenvalue weighted by molar-refractivity contribution is -0.155. The zero-order valence-corrected chi connectivity index (χ0v) is 12.5. The van der Waals surface area contributed by atoms with E-state index in [2.05, 4.69) is 4.98 Å². The van der Waals surface area contributed by atoms with E-state index in [1.807, 2.05) is 26.0 Å². The van der Waals surface area contributed by atoms with Gasteiger partial charge in [0.1, 0.15) is 0 Å². The van der Waals surface area contributed by atoms with E-state index in [9.17, 15) is 14.7 Å². The molecule has 1 aromatic rings. The third kappa shape index (κ3) is 3.79. The molecule has 20 heavy (non-hydrogen) atoms. The van der Waals surface area contributed by atoms with Crippen LogP contribution in [0.25, 0.3) is 0 Å². The Hall–Kier alpha value is -1.91. The van der Waals surface area contributed by atoms with Crippen molar-refractivity contribution in [3.05, 3.63) is 30.1 Å². The Labute approximate surface area is 119 Å². The molecule has 0 fully saturated rings. The van der Waals surface area contributed by atoms with Crippen LogP contribution < -0.4 is 0 Å². The second kappa shape index (κ2) is 6.50. The van der Waals surface area contributed by atoms with Gasteiger partial charge in [-0.1, -0.05) is 19.9 Å². The number of amides is 1. The van der Waals surface area contributed by atoms with Crippen molar-refractivity contribution >= 4 is 11.9 Å². The van der Waals surface area contributed by atoms with Crippen LogP contribution in [0.3, 0.4) is 0 Å². The molecule has 0 aromatic carbocycles. The molecule has 1 rings (SSSR count). The molecule has 0 radical (unpaired) electrons. The molecule has 1 heterocycles. The second-order valence-corrected chi connectivity index (χ2v) is 5.67. The summed E-state index contributed by atoms with van der Waals surface area (Å²) < 4.78 is 0. The van der Waals surface area contributed by atoms with Crippen LogP contribution in [0.1, 0.15) is 32.8 Å². The van der Waals surface area contributed by atoms with Gasteiger partial charge < -0.3 is 10.0 Å². The molecule has 5 nitrogen and oxygen atoms in total. The van der Waals surface area contributed by atoms with E-state index in [0.717, 1.165) is 5.56 Å². The summed E-state index contributed by atoms with van der Waals surface area (Å²) in [5, 5.41) is 9.34. The van der Waals surface area contributed by atoms with Gasteiger partial charge in [0, 0.05) is 32.4 Å². The van der Waals surface area contributed by atoms with E-state index in [4.69, 9.17) is 0 Å². The summed E-state index contributed by atoms with van der Waals surface area (Å²) >= 11 is 0. The van der Waals surface area contributed by atoms with Crippen LogP contribution in [0.5, 0.6) is 0 Å². The average molecular weight is 278 g/mol. The number of carboxylic acids is 1. The summed E-state index contributed by atoms with van der Waals surface area (Å²) in [5.41, 5.74) is -0.120. The fraction of sp³-hybridized carbons (Fsp3) is 0.533. The molecule has 1 unspecified atom stereocenters. The Morgan fingerprint density at radius 1 is 1.45 bits per heavy atom. The van der Waals surface area contributed by atoms with Crippen LogP contribution in [0.15, 0.2) is 24.5 Å². The maximum Gasteiger partial charge on any atom is 0.310 e. The number of aliphatic carboxylic acids is 1. The molecule has 0 aliphatic carbocycles. The first kappa shape index (κ1) is 16.1. The zero-order valence-electron chi connectivity index (χ0n) is 12.5. The van der Waals surface area contributed by atoms with E-state index in [1.165, 1.54) is 0 Å². The number of rotatable bonds is 6. The molecule has 0 aliphatic heterocycles. The number of carbonyl (C=O) groups is 2. The minimum absolute atomic E-state index is 0.00321. The molecule has 1 atom stereocenters. The van der Waals surface area contributed by atoms with Crippen LogP contribution in [0.2, 0.25) is 0 Å². The second-order valence-electron chi connectivity index (χ2n) is 5.67. The van der Waals surface area contributed by atoms with Crippen LogP contribution in [0.4, 0.5) is 0 Å². The monoisotopic (exact) mass is 278 g/mol. The first-order valence-corrected chi connectivity index (χ1v) is 6.63. The van der Waals surface area contributed by atoms with Gasteiger partial charge in [0.05, 0.1) is 5.41 Å². The predicted octanol–water partition coefficient (Wildman–Crippen LogP) is 2.18. The molecule has 0 aliphatic rings. The molecule has 1 aromatic heterocycles. The van der Waals surface area contributed by atoms with Gasteiger partial charge in [-0.25, -0.2) is 0 Å². The Balaban J connectivity index is 2.72. The molecule has 110 valence electrons. The first-order valence-electron chi connectivity index (χ1n) is 6.63. The molecule has 0 spiro atoms. The van der Waals surface area contributed by atoms with Crippen LogP contribution in [-0.4, -0.2) is 33.9 Å². The molecule has 0 saturated carbocycles. The van der Waals surface area contributed by atoms with Gasteiger partial charge in [-0.3, -0.25) is 14.6 Å². The zero-order chi connectivity index (χ0) is 15.3. The topological polar surface area (TPSA) is 70.5 Å². The number of pyridine rings is 1. The summed E-state index contributed by atoms with van der Waals surface area (Å²) in [6, 6.07) is 3.69. The van der Waals surface area contributed by atoms with Gasteiger partial charge in [0.25, 0.3) is 0 Å². The van der Waals surface area contributed by atoms with Gasteiger partial charge in [-0.05, 0) is 24.5 Å². The van der Waals surface area contributed by atoms with E-state index < -0.39 is 11.4 Å². The van der Waals surface area contributed by atoms with Crippen molar-refractivity contribution in [3.8, 4) is 0 Å². The maximum absolute atomic E-state index is 12.2. The molecule has 0 saturated heterocycles. The smallest absolute Gasteiger partial charge is 0.310 e. The summed E-state index contributed by atoms with van der Waals surface area (Å²) in [6.45, 7) is 5.70. The van der Waals surface area contributed by atoms with Crippen molar-refractivity contribution in [1.82, 2.24) is 9.88 Å². The van der Waals surface area contributed by atoms with Crippen LogP contribution in [-0.2, 0) is 16.1 Å². The van der Waals surface area contributed by atoms with Gasteiger partial charge in [-0.2, -0.15) is 0 Å². The Morgan fingerprint density at radius 2 is 2.10 bits per heavy atom. The van der Waals surface area contributed by atoms with Crippen molar-refractivity contribution in [2.45, 2.75) is 33.7 Å².